The van der Waals surface area contributed by atoms with Crippen LogP contribution in [0, 0.1) is 6.92 Å². The lowest BCUT2D eigenvalue weighted by atomic mass is 10.1. The number of aromatic nitrogens is 1. The Labute approximate surface area is 146 Å². The maximum Gasteiger partial charge on any atom is 0.243 e. The number of nitrogens with zero attached hydrogens (tertiary/aromatic N) is 1. The standard InChI is InChI=1S/C18H22N2O3S/c1-13-11-16(20-23-13)19-18(21)17(14-7-3-2-4-8-14)24-12-15-9-5-6-10-22-15/h2-4,7-8,11,15,17H,5-6,9-10,12H2,1H3,(H,19,20,21)/t15-,17+/m1/s1. The number of thioether (sulfide) groups is 1. The van der Waals surface area contributed by atoms with E-state index >= 15 is 0 Å². The Bertz CT molecular complexity index is 653. The van der Waals surface area contributed by atoms with E-state index < -0.39 is 0 Å². The van der Waals surface area contributed by atoms with Crippen LogP contribution in [0.4, 0.5) is 5.82 Å². The van der Waals surface area contributed by atoms with Crippen LogP contribution in [0.5, 0.6) is 0 Å². The third-order valence-corrected chi connectivity index (χ3v) is 5.33. The van der Waals surface area contributed by atoms with Crippen LogP contribution in [0.3, 0.4) is 0 Å². The third-order valence-electron chi connectivity index (χ3n) is 3.94. The van der Waals surface area contributed by atoms with Crippen molar-refractivity contribution in [3.8, 4) is 0 Å². The molecular weight excluding hydrogens is 324 g/mol. The lowest BCUT2D eigenvalue weighted by Gasteiger charge is -2.24. The number of hydrogen-bond acceptors (Lipinski definition) is 5. The predicted octanol–water partition coefficient (Wildman–Crippen LogP) is 3.97. The highest BCUT2D eigenvalue weighted by atomic mass is 32.2. The number of aryl methyl sites for hydroxylation is 1. The van der Waals surface area contributed by atoms with E-state index in [-0.39, 0.29) is 17.3 Å². The Morgan fingerprint density at radius 3 is 2.88 bits per heavy atom. The van der Waals surface area contributed by atoms with E-state index in [1.165, 1.54) is 6.42 Å². The minimum absolute atomic E-state index is 0.0877. The molecule has 0 bridgehead atoms. The summed E-state index contributed by atoms with van der Waals surface area (Å²) in [6.45, 7) is 2.62. The molecular formula is C18H22N2O3S. The van der Waals surface area contributed by atoms with Crippen LogP contribution in [0.25, 0.3) is 0 Å². The summed E-state index contributed by atoms with van der Waals surface area (Å²) in [5.41, 5.74) is 0.982. The molecule has 1 aromatic carbocycles. The number of amides is 1. The monoisotopic (exact) mass is 346 g/mol. The molecule has 1 N–H and O–H groups in total. The molecule has 2 heterocycles. The van der Waals surface area contributed by atoms with Crippen molar-refractivity contribution < 1.29 is 14.1 Å². The molecule has 1 aliphatic heterocycles. The zero-order chi connectivity index (χ0) is 16.8. The number of benzene rings is 1. The fourth-order valence-electron chi connectivity index (χ4n) is 2.71. The van der Waals surface area contributed by atoms with Gasteiger partial charge in [0.1, 0.15) is 11.0 Å². The van der Waals surface area contributed by atoms with Gasteiger partial charge >= 0.3 is 0 Å². The number of hydrogen-bond donors (Lipinski definition) is 1. The quantitative estimate of drug-likeness (QED) is 0.857. The molecule has 0 radical (unpaired) electrons. The number of ether oxygens (including phenoxy) is 1. The SMILES string of the molecule is Cc1cc(NC(=O)[C@@H](SC[C@H]2CCCCO2)c2ccccc2)no1. The van der Waals surface area contributed by atoms with Crippen molar-refractivity contribution in [2.75, 3.05) is 17.7 Å². The first-order valence-electron chi connectivity index (χ1n) is 8.25. The largest absolute Gasteiger partial charge is 0.377 e. The predicted molar refractivity (Wildman–Crippen MR) is 95.1 cm³/mol. The summed E-state index contributed by atoms with van der Waals surface area (Å²) in [5.74, 6) is 1.85. The number of carbonyl (C=O) groups excluding carboxylic acids is 1. The average molecular weight is 346 g/mol. The van der Waals surface area contributed by atoms with E-state index in [1.807, 2.05) is 30.3 Å². The average Bonchev–Trinajstić information content (AvgIpc) is 3.02. The zero-order valence-electron chi connectivity index (χ0n) is 13.7. The molecule has 0 saturated carbocycles. The second-order valence-corrected chi connectivity index (χ2v) is 7.06. The van der Waals surface area contributed by atoms with Gasteiger partial charge in [0, 0.05) is 18.4 Å². The second kappa shape index (κ2) is 8.35. The van der Waals surface area contributed by atoms with E-state index in [2.05, 4.69) is 10.5 Å². The van der Waals surface area contributed by atoms with E-state index in [0.29, 0.717) is 11.6 Å². The minimum Gasteiger partial charge on any atom is -0.377 e. The number of nitrogens with one attached hydrogen (secondary N) is 1. The Kier molecular flexibility index (Phi) is 5.93. The summed E-state index contributed by atoms with van der Waals surface area (Å²) in [4.78, 5) is 12.7. The molecule has 24 heavy (non-hydrogen) atoms. The molecule has 0 aliphatic carbocycles. The van der Waals surface area contributed by atoms with Crippen molar-refractivity contribution in [2.45, 2.75) is 37.5 Å². The summed E-state index contributed by atoms with van der Waals surface area (Å²) in [7, 11) is 0. The molecule has 1 aliphatic rings. The first-order valence-corrected chi connectivity index (χ1v) is 9.29. The van der Waals surface area contributed by atoms with E-state index in [4.69, 9.17) is 9.26 Å². The van der Waals surface area contributed by atoms with Crippen molar-refractivity contribution in [1.82, 2.24) is 5.16 Å². The van der Waals surface area contributed by atoms with Gasteiger partial charge < -0.3 is 14.6 Å². The molecule has 128 valence electrons. The van der Waals surface area contributed by atoms with Crippen LogP contribution in [-0.4, -0.2) is 29.5 Å². The molecule has 5 nitrogen and oxygen atoms in total. The van der Waals surface area contributed by atoms with Gasteiger partial charge in [-0.3, -0.25) is 4.79 Å². The molecule has 1 amide bonds. The highest BCUT2D eigenvalue weighted by Crippen LogP contribution is 2.32. The van der Waals surface area contributed by atoms with Crippen LogP contribution >= 0.6 is 11.8 Å². The highest BCUT2D eigenvalue weighted by molar-refractivity contribution is 8.00. The number of carbonyl (C=O) groups is 1. The van der Waals surface area contributed by atoms with Crippen LogP contribution in [0.2, 0.25) is 0 Å². The summed E-state index contributed by atoms with van der Waals surface area (Å²) < 4.78 is 10.8. The Morgan fingerprint density at radius 1 is 1.38 bits per heavy atom. The van der Waals surface area contributed by atoms with E-state index in [0.717, 1.165) is 30.8 Å². The number of rotatable bonds is 6. The molecule has 2 atom stereocenters. The van der Waals surface area contributed by atoms with Gasteiger partial charge in [-0.25, -0.2) is 0 Å². The Hall–Kier alpha value is -1.79. The second-order valence-electron chi connectivity index (χ2n) is 5.92. The van der Waals surface area contributed by atoms with Gasteiger partial charge in [-0.15, -0.1) is 11.8 Å². The fraction of sp³-hybridized carbons (Fsp3) is 0.444. The Morgan fingerprint density at radius 2 is 2.21 bits per heavy atom. The third kappa shape index (κ3) is 4.61. The van der Waals surface area contributed by atoms with Gasteiger partial charge in [0.2, 0.25) is 5.91 Å². The van der Waals surface area contributed by atoms with Crippen molar-refractivity contribution in [3.05, 3.63) is 47.7 Å². The van der Waals surface area contributed by atoms with Crippen LogP contribution in [-0.2, 0) is 9.53 Å². The lowest BCUT2D eigenvalue weighted by molar-refractivity contribution is -0.115. The first-order chi connectivity index (χ1) is 11.7. The van der Waals surface area contributed by atoms with Gasteiger partial charge in [0.15, 0.2) is 5.82 Å². The first kappa shape index (κ1) is 17.0. The van der Waals surface area contributed by atoms with Crippen molar-refractivity contribution >= 4 is 23.5 Å². The summed E-state index contributed by atoms with van der Waals surface area (Å²) in [5, 5.41) is 6.39. The normalized spacial score (nSPS) is 19.0. The molecule has 1 aromatic heterocycles. The van der Waals surface area contributed by atoms with Gasteiger partial charge in [-0.1, -0.05) is 35.5 Å². The summed E-state index contributed by atoms with van der Waals surface area (Å²) >= 11 is 1.62. The van der Waals surface area contributed by atoms with E-state index in [1.54, 1.807) is 24.8 Å². The van der Waals surface area contributed by atoms with Gasteiger partial charge in [-0.05, 0) is 31.7 Å². The maximum atomic E-state index is 12.7. The highest BCUT2D eigenvalue weighted by Gasteiger charge is 2.24. The molecule has 0 spiro atoms. The summed E-state index contributed by atoms with van der Waals surface area (Å²) in [6.07, 6.45) is 3.64. The zero-order valence-corrected chi connectivity index (χ0v) is 14.6. The van der Waals surface area contributed by atoms with Crippen LogP contribution < -0.4 is 5.32 Å². The maximum absolute atomic E-state index is 12.7. The molecule has 3 rings (SSSR count). The van der Waals surface area contributed by atoms with Crippen molar-refractivity contribution in [1.29, 1.82) is 0 Å². The van der Waals surface area contributed by atoms with Gasteiger partial charge in [0.25, 0.3) is 0 Å². The van der Waals surface area contributed by atoms with E-state index in [9.17, 15) is 4.79 Å². The minimum atomic E-state index is -0.297. The molecule has 1 fully saturated rings. The van der Waals surface area contributed by atoms with Crippen LogP contribution in [0.1, 0.15) is 35.8 Å². The van der Waals surface area contributed by atoms with Crippen molar-refractivity contribution in [2.24, 2.45) is 0 Å². The van der Waals surface area contributed by atoms with Gasteiger partial charge in [-0.2, -0.15) is 0 Å². The molecule has 2 aromatic rings. The smallest absolute Gasteiger partial charge is 0.243 e. The molecule has 6 heteroatoms. The lowest BCUT2D eigenvalue weighted by Crippen LogP contribution is -2.24. The van der Waals surface area contributed by atoms with Crippen molar-refractivity contribution in [3.63, 3.8) is 0 Å². The van der Waals surface area contributed by atoms with Crippen LogP contribution in [0.15, 0.2) is 40.9 Å². The number of anilines is 1. The van der Waals surface area contributed by atoms with Gasteiger partial charge in [0.05, 0.1) is 6.10 Å². The topological polar surface area (TPSA) is 64.4 Å². The fourth-order valence-corrected chi connectivity index (χ4v) is 3.94. The molecule has 0 unspecified atom stereocenters. The Balaban J connectivity index is 1.68. The summed E-state index contributed by atoms with van der Waals surface area (Å²) in [6, 6.07) is 11.5. The molecule has 1 saturated heterocycles.